The van der Waals surface area contributed by atoms with Gasteiger partial charge in [-0.3, -0.25) is 9.59 Å². The third-order valence-corrected chi connectivity index (χ3v) is 6.29. The summed E-state index contributed by atoms with van der Waals surface area (Å²) in [7, 11) is 1.58. The maximum absolute atomic E-state index is 13.0. The van der Waals surface area contributed by atoms with Gasteiger partial charge in [-0.25, -0.2) is 0 Å². The Labute approximate surface area is 160 Å². The molecule has 4 rings (SSSR count). The van der Waals surface area contributed by atoms with Gasteiger partial charge in [0.05, 0.1) is 31.4 Å². The van der Waals surface area contributed by atoms with E-state index in [9.17, 15) is 9.59 Å². The number of benzene rings is 1. The summed E-state index contributed by atoms with van der Waals surface area (Å²) in [6.45, 7) is 5.28. The first-order valence-corrected chi connectivity index (χ1v) is 9.88. The van der Waals surface area contributed by atoms with Crippen LogP contribution in [0.5, 0.6) is 5.75 Å². The van der Waals surface area contributed by atoms with Gasteiger partial charge in [0, 0.05) is 25.6 Å². The zero-order valence-electron chi connectivity index (χ0n) is 16.1. The number of morpholine rings is 1. The van der Waals surface area contributed by atoms with Gasteiger partial charge in [-0.2, -0.15) is 0 Å². The lowest BCUT2D eigenvalue weighted by Crippen LogP contribution is -2.58. The third-order valence-electron chi connectivity index (χ3n) is 6.29. The minimum absolute atomic E-state index is 0.0135. The van der Waals surface area contributed by atoms with Gasteiger partial charge in [0.1, 0.15) is 5.75 Å². The van der Waals surface area contributed by atoms with Crippen molar-refractivity contribution < 1.29 is 19.1 Å². The van der Waals surface area contributed by atoms with Crippen molar-refractivity contribution in [3.63, 3.8) is 0 Å². The molecule has 2 heterocycles. The molecule has 0 aromatic heterocycles. The van der Waals surface area contributed by atoms with Gasteiger partial charge in [0.2, 0.25) is 5.91 Å². The van der Waals surface area contributed by atoms with Crippen molar-refractivity contribution in [3.05, 3.63) is 29.8 Å². The van der Waals surface area contributed by atoms with Crippen LogP contribution in [0.2, 0.25) is 0 Å². The molecule has 1 aromatic rings. The quantitative estimate of drug-likeness (QED) is 0.816. The summed E-state index contributed by atoms with van der Waals surface area (Å²) in [4.78, 5) is 29.4. The molecule has 2 unspecified atom stereocenters. The number of nitrogens with zero attached hydrogens (tertiary/aromatic N) is 2. The van der Waals surface area contributed by atoms with E-state index in [-0.39, 0.29) is 17.4 Å². The van der Waals surface area contributed by atoms with Crippen LogP contribution in [-0.4, -0.2) is 67.1 Å². The number of rotatable bonds is 3. The van der Waals surface area contributed by atoms with Crippen LogP contribution < -0.4 is 4.74 Å². The Balaban J connectivity index is 1.41. The first-order chi connectivity index (χ1) is 13.0. The summed E-state index contributed by atoms with van der Waals surface area (Å²) in [6.07, 6.45) is 2.60. The molecule has 2 amide bonds. The van der Waals surface area contributed by atoms with E-state index in [4.69, 9.17) is 9.47 Å². The van der Waals surface area contributed by atoms with Gasteiger partial charge in [0.25, 0.3) is 5.91 Å². The van der Waals surface area contributed by atoms with Crippen LogP contribution >= 0.6 is 0 Å². The Morgan fingerprint density at radius 2 is 1.85 bits per heavy atom. The highest BCUT2D eigenvalue weighted by Gasteiger charge is 2.46. The maximum Gasteiger partial charge on any atom is 0.257 e. The van der Waals surface area contributed by atoms with Gasteiger partial charge in [-0.1, -0.05) is 19.1 Å². The number of likely N-dealkylation sites (tertiary alicyclic amines) is 1. The number of para-hydroxylation sites is 1. The number of methoxy groups -OCH3 is 1. The molecule has 0 bridgehead atoms. The van der Waals surface area contributed by atoms with E-state index in [0.29, 0.717) is 42.8 Å². The highest BCUT2D eigenvalue weighted by atomic mass is 16.5. The maximum atomic E-state index is 13.0. The predicted molar refractivity (Wildman–Crippen MR) is 101 cm³/mol. The number of carbonyl (C=O) groups is 2. The second-order valence-electron chi connectivity index (χ2n) is 8.10. The van der Waals surface area contributed by atoms with Gasteiger partial charge in [0.15, 0.2) is 0 Å². The molecule has 6 nitrogen and oxygen atoms in total. The normalized spacial score (nSPS) is 26.7. The number of hydrogen-bond donors (Lipinski definition) is 0. The Hall–Kier alpha value is -2.08. The number of amides is 2. The third kappa shape index (κ3) is 3.55. The van der Waals surface area contributed by atoms with Crippen molar-refractivity contribution in [1.29, 1.82) is 0 Å². The number of ether oxygens (including phenoxy) is 2. The average molecular weight is 372 g/mol. The molecule has 1 spiro atoms. The minimum Gasteiger partial charge on any atom is -0.496 e. The lowest BCUT2D eigenvalue weighted by molar-refractivity contribution is -0.148. The van der Waals surface area contributed by atoms with Crippen LogP contribution in [0.25, 0.3) is 0 Å². The first kappa shape index (κ1) is 18.3. The molecule has 0 radical (unpaired) electrons. The zero-order valence-corrected chi connectivity index (χ0v) is 16.1. The molecule has 6 heteroatoms. The Bertz CT molecular complexity index is 727. The SMILES string of the molecule is COc1ccccc1C(=O)N1CCOC2(CCN(C(=O)C3CC3C)CC2)C1. The van der Waals surface area contributed by atoms with Crippen molar-refractivity contribution in [1.82, 2.24) is 9.80 Å². The molecule has 3 fully saturated rings. The molecular weight excluding hydrogens is 344 g/mol. The molecule has 2 aliphatic heterocycles. The first-order valence-electron chi connectivity index (χ1n) is 9.88. The van der Waals surface area contributed by atoms with Crippen molar-refractivity contribution in [2.24, 2.45) is 11.8 Å². The molecular formula is C21H28N2O4. The molecule has 27 heavy (non-hydrogen) atoms. The van der Waals surface area contributed by atoms with Gasteiger partial charge >= 0.3 is 0 Å². The van der Waals surface area contributed by atoms with E-state index in [2.05, 4.69) is 6.92 Å². The standard InChI is InChI=1S/C21H28N2O4/c1-15-13-17(15)20(25)22-9-7-21(8-10-22)14-23(11-12-27-21)19(24)16-5-3-4-6-18(16)26-2/h3-6,15,17H,7-14H2,1-2H3. The summed E-state index contributed by atoms with van der Waals surface area (Å²) in [5, 5.41) is 0. The Kier molecular flexibility index (Phi) is 4.84. The summed E-state index contributed by atoms with van der Waals surface area (Å²) in [6, 6.07) is 7.34. The van der Waals surface area contributed by atoms with Crippen molar-refractivity contribution in [3.8, 4) is 5.75 Å². The topological polar surface area (TPSA) is 59.1 Å². The van der Waals surface area contributed by atoms with Crippen LogP contribution in [0.4, 0.5) is 0 Å². The van der Waals surface area contributed by atoms with E-state index in [1.165, 1.54) is 0 Å². The smallest absolute Gasteiger partial charge is 0.257 e. The van der Waals surface area contributed by atoms with Crippen LogP contribution in [0, 0.1) is 11.8 Å². The highest BCUT2D eigenvalue weighted by Crippen LogP contribution is 2.40. The van der Waals surface area contributed by atoms with E-state index < -0.39 is 0 Å². The summed E-state index contributed by atoms with van der Waals surface area (Å²) in [5.41, 5.74) is 0.259. The van der Waals surface area contributed by atoms with E-state index >= 15 is 0 Å². The molecule has 146 valence electrons. The molecule has 0 N–H and O–H groups in total. The molecule has 1 saturated carbocycles. The van der Waals surface area contributed by atoms with Crippen LogP contribution in [0.3, 0.4) is 0 Å². The second kappa shape index (κ2) is 7.15. The number of piperidine rings is 1. The average Bonchev–Trinajstić information content (AvgIpc) is 3.44. The molecule has 1 aromatic carbocycles. The minimum atomic E-state index is -0.331. The van der Waals surface area contributed by atoms with E-state index in [1.54, 1.807) is 13.2 Å². The lowest BCUT2D eigenvalue weighted by Gasteiger charge is -2.47. The fourth-order valence-corrected chi connectivity index (χ4v) is 4.35. The molecule has 2 atom stereocenters. The van der Waals surface area contributed by atoms with Crippen molar-refractivity contribution in [2.45, 2.75) is 31.8 Å². The predicted octanol–water partition coefficient (Wildman–Crippen LogP) is 2.18. The van der Waals surface area contributed by atoms with Gasteiger partial charge in [-0.05, 0) is 37.3 Å². The fourth-order valence-electron chi connectivity index (χ4n) is 4.35. The van der Waals surface area contributed by atoms with E-state index in [1.807, 2.05) is 28.0 Å². The van der Waals surface area contributed by atoms with Gasteiger partial charge < -0.3 is 19.3 Å². The number of hydrogen-bond acceptors (Lipinski definition) is 4. The lowest BCUT2D eigenvalue weighted by atomic mass is 9.88. The molecule has 3 aliphatic rings. The summed E-state index contributed by atoms with van der Waals surface area (Å²) < 4.78 is 11.5. The monoisotopic (exact) mass is 372 g/mol. The number of carbonyl (C=O) groups excluding carboxylic acids is 2. The second-order valence-corrected chi connectivity index (χ2v) is 8.10. The molecule has 1 aliphatic carbocycles. The molecule has 2 saturated heterocycles. The largest absolute Gasteiger partial charge is 0.496 e. The zero-order chi connectivity index (χ0) is 19.0. The summed E-state index contributed by atoms with van der Waals surface area (Å²) >= 11 is 0. The van der Waals surface area contributed by atoms with Crippen molar-refractivity contribution >= 4 is 11.8 Å². The Morgan fingerprint density at radius 1 is 1.15 bits per heavy atom. The van der Waals surface area contributed by atoms with Gasteiger partial charge in [-0.15, -0.1) is 0 Å². The van der Waals surface area contributed by atoms with E-state index in [0.717, 1.165) is 32.4 Å². The fraction of sp³-hybridized carbons (Fsp3) is 0.619. The Morgan fingerprint density at radius 3 is 2.52 bits per heavy atom. The van der Waals surface area contributed by atoms with Crippen LogP contribution in [0.15, 0.2) is 24.3 Å². The van der Waals surface area contributed by atoms with Crippen LogP contribution in [-0.2, 0) is 9.53 Å². The highest BCUT2D eigenvalue weighted by molar-refractivity contribution is 5.97. The van der Waals surface area contributed by atoms with Crippen molar-refractivity contribution in [2.75, 3.05) is 39.9 Å². The van der Waals surface area contributed by atoms with Crippen LogP contribution in [0.1, 0.15) is 36.5 Å². The summed E-state index contributed by atoms with van der Waals surface area (Å²) in [5.74, 6) is 1.65.